The maximum Gasteiger partial charge on any atom is 0.0700 e. The Hall–Kier alpha value is -0.120. The molecule has 0 amide bonds. The summed E-state index contributed by atoms with van der Waals surface area (Å²) in [5.41, 5.74) is 6.87. The first-order valence-electron chi connectivity index (χ1n) is 7.58. The summed E-state index contributed by atoms with van der Waals surface area (Å²) in [6.45, 7) is 10.8. The molecule has 1 aliphatic carbocycles. The predicted molar refractivity (Wildman–Crippen MR) is 75.6 cm³/mol. The van der Waals surface area contributed by atoms with Crippen LogP contribution in [0.5, 0.6) is 0 Å². The number of nitrogens with zero attached hydrogens (tertiary/aromatic N) is 1. The van der Waals surface area contributed by atoms with Crippen molar-refractivity contribution in [2.75, 3.05) is 26.2 Å². The van der Waals surface area contributed by atoms with E-state index in [1.807, 2.05) is 0 Å². The highest BCUT2D eigenvalue weighted by atomic mass is 16.5. The van der Waals surface area contributed by atoms with E-state index in [1.165, 1.54) is 25.7 Å². The summed E-state index contributed by atoms with van der Waals surface area (Å²) in [7, 11) is 0. The molecule has 0 bridgehead atoms. The first-order valence-corrected chi connectivity index (χ1v) is 7.58. The highest BCUT2D eigenvalue weighted by molar-refractivity contribution is 5.00. The van der Waals surface area contributed by atoms with E-state index in [1.54, 1.807) is 0 Å². The Morgan fingerprint density at radius 2 is 2.11 bits per heavy atom. The zero-order valence-electron chi connectivity index (χ0n) is 12.4. The molecule has 1 saturated heterocycles. The lowest BCUT2D eigenvalue weighted by Gasteiger charge is -2.53. The van der Waals surface area contributed by atoms with Gasteiger partial charge in [-0.3, -0.25) is 4.90 Å². The van der Waals surface area contributed by atoms with Gasteiger partial charge in [-0.05, 0) is 31.1 Å². The first-order chi connectivity index (χ1) is 8.51. The van der Waals surface area contributed by atoms with Crippen LogP contribution in [0.15, 0.2) is 0 Å². The minimum Gasteiger partial charge on any atom is -0.376 e. The van der Waals surface area contributed by atoms with Gasteiger partial charge in [-0.2, -0.15) is 0 Å². The summed E-state index contributed by atoms with van der Waals surface area (Å²) in [4.78, 5) is 2.64. The molecule has 0 aromatic rings. The molecule has 0 aromatic carbocycles. The van der Waals surface area contributed by atoms with E-state index in [2.05, 4.69) is 25.7 Å². The van der Waals surface area contributed by atoms with E-state index >= 15 is 0 Å². The zero-order chi connectivity index (χ0) is 13.2. The van der Waals surface area contributed by atoms with E-state index in [0.29, 0.717) is 11.5 Å². The van der Waals surface area contributed by atoms with Crippen LogP contribution in [-0.2, 0) is 4.74 Å². The smallest absolute Gasteiger partial charge is 0.0700 e. The topological polar surface area (TPSA) is 38.5 Å². The Morgan fingerprint density at radius 3 is 2.72 bits per heavy atom. The van der Waals surface area contributed by atoms with Crippen LogP contribution in [0.3, 0.4) is 0 Å². The normalized spacial score (nSPS) is 37.7. The minimum atomic E-state index is 0.235. The summed E-state index contributed by atoms with van der Waals surface area (Å²) in [6, 6.07) is 0. The Labute approximate surface area is 112 Å². The molecule has 0 radical (unpaired) electrons. The van der Waals surface area contributed by atoms with Crippen molar-refractivity contribution in [2.45, 2.75) is 64.5 Å². The second-order valence-electron chi connectivity index (χ2n) is 6.97. The fourth-order valence-corrected chi connectivity index (χ4v) is 3.93. The van der Waals surface area contributed by atoms with Gasteiger partial charge in [0.05, 0.1) is 12.7 Å². The largest absolute Gasteiger partial charge is 0.376 e. The number of hydrogen-bond donors (Lipinski definition) is 1. The van der Waals surface area contributed by atoms with Crippen LogP contribution < -0.4 is 5.73 Å². The number of hydrogen-bond acceptors (Lipinski definition) is 3. The minimum absolute atomic E-state index is 0.235. The maximum absolute atomic E-state index is 6.19. The quantitative estimate of drug-likeness (QED) is 0.840. The van der Waals surface area contributed by atoms with Gasteiger partial charge in [0.25, 0.3) is 0 Å². The predicted octanol–water partition coefficient (Wildman–Crippen LogP) is 2.39. The molecule has 0 spiro atoms. The highest BCUT2D eigenvalue weighted by Crippen LogP contribution is 2.44. The molecule has 1 heterocycles. The molecule has 1 saturated carbocycles. The second-order valence-corrected chi connectivity index (χ2v) is 6.97. The lowest BCUT2D eigenvalue weighted by Crippen LogP contribution is -2.61. The first kappa shape index (κ1) is 14.3. The third-order valence-corrected chi connectivity index (χ3v) is 4.95. The van der Waals surface area contributed by atoms with Crippen LogP contribution in [0.2, 0.25) is 0 Å². The molecule has 2 atom stereocenters. The van der Waals surface area contributed by atoms with Crippen LogP contribution in [-0.4, -0.2) is 42.8 Å². The van der Waals surface area contributed by atoms with Gasteiger partial charge in [-0.25, -0.2) is 0 Å². The summed E-state index contributed by atoms with van der Waals surface area (Å²) in [6.07, 6.45) is 6.69. The van der Waals surface area contributed by atoms with Crippen molar-refractivity contribution in [3.05, 3.63) is 0 Å². The standard InChI is InChI=1S/C15H30N2O/c1-4-13-10-17(8-9-18-13)15(12-16)7-5-6-14(2,3)11-15/h13H,4-12,16H2,1-3H3. The molecule has 2 rings (SSSR count). The van der Waals surface area contributed by atoms with Gasteiger partial charge in [-0.15, -0.1) is 0 Å². The number of ether oxygens (including phenoxy) is 1. The summed E-state index contributed by atoms with van der Waals surface area (Å²) in [5.74, 6) is 0. The van der Waals surface area contributed by atoms with Crippen LogP contribution in [0.4, 0.5) is 0 Å². The molecule has 2 N–H and O–H groups in total. The van der Waals surface area contributed by atoms with Crippen molar-refractivity contribution in [2.24, 2.45) is 11.1 Å². The van der Waals surface area contributed by atoms with Crippen molar-refractivity contribution in [1.29, 1.82) is 0 Å². The van der Waals surface area contributed by atoms with Gasteiger partial charge < -0.3 is 10.5 Å². The third-order valence-electron chi connectivity index (χ3n) is 4.95. The van der Waals surface area contributed by atoms with Crippen LogP contribution in [0.1, 0.15) is 52.9 Å². The van der Waals surface area contributed by atoms with Gasteiger partial charge in [-0.1, -0.05) is 27.2 Å². The van der Waals surface area contributed by atoms with Gasteiger partial charge in [0, 0.05) is 25.2 Å². The average molecular weight is 254 g/mol. The Kier molecular flexibility index (Phi) is 4.35. The summed E-state index contributed by atoms with van der Waals surface area (Å²) in [5, 5.41) is 0. The van der Waals surface area contributed by atoms with Crippen LogP contribution in [0, 0.1) is 5.41 Å². The van der Waals surface area contributed by atoms with E-state index in [0.717, 1.165) is 32.7 Å². The molecule has 0 aromatic heterocycles. The van der Waals surface area contributed by atoms with Gasteiger partial charge in [0.2, 0.25) is 0 Å². The fourth-order valence-electron chi connectivity index (χ4n) is 3.93. The lowest BCUT2D eigenvalue weighted by atomic mass is 9.67. The molecule has 2 unspecified atom stereocenters. The molecule has 2 aliphatic rings. The molecule has 106 valence electrons. The average Bonchev–Trinajstić information content (AvgIpc) is 2.37. The van der Waals surface area contributed by atoms with Crippen molar-refractivity contribution < 1.29 is 4.74 Å². The Bertz CT molecular complexity index is 280. The molecule has 2 fully saturated rings. The molecule has 18 heavy (non-hydrogen) atoms. The number of morpholine rings is 1. The van der Waals surface area contributed by atoms with Crippen molar-refractivity contribution in [3.8, 4) is 0 Å². The lowest BCUT2D eigenvalue weighted by molar-refractivity contribution is -0.0901. The van der Waals surface area contributed by atoms with E-state index in [4.69, 9.17) is 10.5 Å². The van der Waals surface area contributed by atoms with Gasteiger partial charge in [0.1, 0.15) is 0 Å². The van der Waals surface area contributed by atoms with Crippen molar-refractivity contribution >= 4 is 0 Å². The van der Waals surface area contributed by atoms with E-state index in [-0.39, 0.29) is 5.54 Å². The Balaban J connectivity index is 2.11. The van der Waals surface area contributed by atoms with E-state index in [9.17, 15) is 0 Å². The monoisotopic (exact) mass is 254 g/mol. The SMILES string of the molecule is CCC1CN(C2(CN)CCCC(C)(C)C2)CCO1. The maximum atomic E-state index is 6.19. The molecule has 3 nitrogen and oxygen atoms in total. The van der Waals surface area contributed by atoms with Crippen LogP contribution >= 0.6 is 0 Å². The van der Waals surface area contributed by atoms with Crippen molar-refractivity contribution in [3.63, 3.8) is 0 Å². The second kappa shape index (κ2) is 5.48. The van der Waals surface area contributed by atoms with Crippen LogP contribution in [0.25, 0.3) is 0 Å². The fraction of sp³-hybridized carbons (Fsp3) is 1.00. The van der Waals surface area contributed by atoms with Crippen molar-refractivity contribution in [1.82, 2.24) is 4.90 Å². The molecule has 3 heteroatoms. The van der Waals surface area contributed by atoms with Gasteiger partial charge in [0.15, 0.2) is 0 Å². The summed E-state index contributed by atoms with van der Waals surface area (Å²) < 4.78 is 5.81. The van der Waals surface area contributed by atoms with Gasteiger partial charge >= 0.3 is 0 Å². The molecule has 1 aliphatic heterocycles. The highest BCUT2D eigenvalue weighted by Gasteiger charge is 2.44. The molecular weight excluding hydrogens is 224 g/mol. The molecular formula is C15H30N2O. The third kappa shape index (κ3) is 2.89. The zero-order valence-corrected chi connectivity index (χ0v) is 12.4. The number of nitrogens with two attached hydrogens (primary N) is 1. The van der Waals surface area contributed by atoms with E-state index < -0.39 is 0 Å². The number of rotatable bonds is 3. The summed E-state index contributed by atoms with van der Waals surface area (Å²) >= 11 is 0. The Morgan fingerprint density at radius 1 is 1.33 bits per heavy atom.